The first-order valence-corrected chi connectivity index (χ1v) is 7.82. The van der Waals surface area contributed by atoms with Gasteiger partial charge in [0, 0.05) is 18.7 Å². The summed E-state index contributed by atoms with van der Waals surface area (Å²) in [6.07, 6.45) is 1.48. The maximum Gasteiger partial charge on any atom is 0.339 e. The van der Waals surface area contributed by atoms with Crippen molar-refractivity contribution >= 4 is 23.4 Å². The molecule has 1 aromatic heterocycles. The number of hydrogen-bond acceptors (Lipinski definition) is 4. The van der Waals surface area contributed by atoms with Crippen LogP contribution in [0, 0.1) is 6.92 Å². The zero-order chi connectivity index (χ0) is 17.7. The molecule has 0 unspecified atom stereocenters. The van der Waals surface area contributed by atoms with Crippen LogP contribution in [0.5, 0.6) is 0 Å². The maximum atomic E-state index is 12.2. The number of carbonyl (C=O) groups is 2. The van der Waals surface area contributed by atoms with Gasteiger partial charge in [0.05, 0.1) is 11.9 Å². The van der Waals surface area contributed by atoms with Gasteiger partial charge in [-0.1, -0.05) is 17.7 Å². The molecule has 1 heterocycles. The number of carboxylic acids is 1. The Kier molecular flexibility index (Phi) is 5.52. The minimum absolute atomic E-state index is 0.0698. The van der Waals surface area contributed by atoms with Crippen LogP contribution in [-0.2, 0) is 0 Å². The molecule has 1 aromatic carbocycles. The highest BCUT2D eigenvalue weighted by molar-refractivity contribution is 6.05. The highest BCUT2D eigenvalue weighted by Gasteiger charge is 2.17. The number of anilines is 2. The van der Waals surface area contributed by atoms with Crippen molar-refractivity contribution in [2.75, 3.05) is 23.3 Å². The minimum Gasteiger partial charge on any atom is -0.478 e. The molecular weight excluding hydrogens is 306 g/mol. The predicted octanol–water partition coefficient (Wildman–Crippen LogP) is 3.19. The molecule has 0 radical (unpaired) electrons. The second-order valence-corrected chi connectivity index (χ2v) is 5.39. The Morgan fingerprint density at radius 1 is 1.17 bits per heavy atom. The molecule has 126 valence electrons. The van der Waals surface area contributed by atoms with Gasteiger partial charge in [-0.05, 0) is 39.0 Å². The van der Waals surface area contributed by atoms with Crippen molar-refractivity contribution < 1.29 is 14.7 Å². The highest BCUT2D eigenvalue weighted by Crippen LogP contribution is 2.22. The van der Waals surface area contributed by atoms with Crippen LogP contribution in [0.2, 0.25) is 0 Å². The molecule has 0 bridgehead atoms. The molecule has 6 nitrogen and oxygen atoms in total. The molecule has 2 aromatic rings. The molecular formula is C18H21N3O3. The zero-order valence-electron chi connectivity index (χ0n) is 14.0. The number of amides is 1. The van der Waals surface area contributed by atoms with Crippen LogP contribution in [0.15, 0.2) is 36.5 Å². The number of aromatic nitrogens is 1. The lowest BCUT2D eigenvalue weighted by Gasteiger charge is -2.21. The number of pyridine rings is 1. The van der Waals surface area contributed by atoms with Crippen LogP contribution < -0.4 is 10.2 Å². The van der Waals surface area contributed by atoms with Crippen molar-refractivity contribution in [2.24, 2.45) is 0 Å². The normalized spacial score (nSPS) is 10.3. The molecule has 24 heavy (non-hydrogen) atoms. The quantitative estimate of drug-likeness (QED) is 0.851. The van der Waals surface area contributed by atoms with Crippen molar-refractivity contribution in [2.45, 2.75) is 20.8 Å². The van der Waals surface area contributed by atoms with Crippen LogP contribution in [0.25, 0.3) is 0 Å². The van der Waals surface area contributed by atoms with Gasteiger partial charge in [-0.25, -0.2) is 9.78 Å². The van der Waals surface area contributed by atoms with Gasteiger partial charge in [-0.2, -0.15) is 0 Å². The Balaban J connectivity index is 2.28. The Bertz CT molecular complexity index is 738. The first-order valence-electron chi connectivity index (χ1n) is 7.82. The van der Waals surface area contributed by atoms with Gasteiger partial charge in [0.25, 0.3) is 5.91 Å². The third-order valence-electron chi connectivity index (χ3n) is 3.73. The SMILES string of the molecule is CCN(CC)c1ncc(NC(=O)c2ccc(C)cc2)cc1C(=O)O. The molecule has 0 aliphatic heterocycles. The Morgan fingerprint density at radius 3 is 2.33 bits per heavy atom. The van der Waals surface area contributed by atoms with Crippen molar-refractivity contribution in [3.05, 3.63) is 53.2 Å². The first kappa shape index (κ1) is 17.5. The zero-order valence-corrected chi connectivity index (χ0v) is 14.0. The van der Waals surface area contributed by atoms with E-state index in [0.29, 0.717) is 30.2 Å². The summed E-state index contributed by atoms with van der Waals surface area (Å²) in [5.41, 5.74) is 1.99. The largest absolute Gasteiger partial charge is 0.478 e. The number of carbonyl (C=O) groups excluding carboxylic acids is 1. The number of aryl methyl sites for hydroxylation is 1. The molecule has 2 N–H and O–H groups in total. The molecule has 0 fully saturated rings. The number of rotatable bonds is 6. The van der Waals surface area contributed by atoms with E-state index in [0.717, 1.165) is 5.56 Å². The second kappa shape index (κ2) is 7.59. The van der Waals surface area contributed by atoms with Gasteiger partial charge in [0.2, 0.25) is 0 Å². The van der Waals surface area contributed by atoms with Crippen LogP contribution in [-0.4, -0.2) is 35.1 Å². The highest BCUT2D eigenvalue weighted by atomic mass is 16.4. The van der Waals surface area contributed by atoms with Crippen LogP contribution in [0.4, 0.5) is 11.5 Å². The molecule has 6 heteroatoms. The molecule has 0 saturated carbocycles. The van der Waals surface area contributed by atoms with Crippen molar-refractivity contribution in [1.82, 2.24) is 4.98 Å². The van der Waals surface area contributed by atoms with Gasteiger partial charge in [-0.15, -0.1) is 0 Å². The molecule has 0 aliphatic carbocycles. The summed E-state index contributed by atoms with van der Waals surface area (Å²) in [5.74, 6) is -0.972. The van der Waals surface area contributed by atoms with E-state index in [4.69, 9.17) is 0 Å². The number of nitrogens with one attached hydrogen (secondary N) is 1. The monoisotopic (exact) mass is 327 g/mol. The number of hydrogen-bond donors (Lipinski definition) is 2. The summed E-state index contributed by atoms with van der Waals surface area (Å²) in [4.78, 5) is 29.9. The Hall–Kier alpha value is -2.89. The van der Waals surface area contributed by atoms with Gasteiger partial charge in [-0.3, -0.25) is 4.79 Å². The summed E-state index contributed by atoms with van der Waals surface area (Å²) < 4.78 is 0. The van der Waals surface area contributed by atoms with E-state index in [-0.39, 0.29) is 11.5 Å². The lowest BCUT2D eigenvalue weighted by atomic mass is 10.1. The maximum absolute atomic E-state index is 12.2. The fourth-order valence-electron chi connectivity index (χ4n) is 2.37. The summed E-state index contributed by atoms with van der Waals surface area (Å²) in [7, 11) is 0. The topological polar surface area (TPSA) is 82.5 Å². The smallest absolute Gasteiger partial charge is 0.339 e. The fourth-order valence-corrected chi connectivity index (χ4v) is 2.37. The van der Waals surface area contributed by atoms with Crippen molar-refractivity contribution in [1.29, 1.82) is 0 Å². The molecule has 0 saturated heterocycles. The van der Waals surface area contributed by atoms with Crippen molar-refractivity contribution in [3.8, 4) is 0 Å². The third-order valence-corrected chi connectivity index (χ3v) is 3.73. The lowest BCUT2D eigenvalue weighted by Crippen LogP contribution is -2.25. The van der Waals surface area contributed by atoms with E-state index in [9.17, 15) is 14.7 Å². The van der Waals surface area contributed by atoms with E-state index < -0.39 is 5.97 Å². The number of carboxylic acid groups (broad SMARTS) is 1. The van der Waals surface area contributed by atoms with Gasteiger partial charge in [0.1, 0.15) is 11.4 Å². The Labute approximate surface area is 141 Å². The van der Waals surface area contributed by atoms with Gasteiger partial charge in [0.15, 0.2) is 0 Å². The fraction of sp³-hybridized carbons (Fsp3) is 0.278. The van der Waals surface area contributed by atoms with Crippen LogP contribution in [0.1, 0.15) is 40.1 Å². The standard InChI is InChI=1S/C18H21N3O3/c1-4-21(5-2)16-15(18(23)24)10-14(11-19-16)20-17(22)13-8-6-12(3)7-9-13/h6-11H,4-5H2,1-3H3,(H,20,22)(H,23,24). The number of benzene rings is 1. The van der Waals surface area contributed by atoms with Crippen molar-refractivity contribution in [3.63, 3.8) is 0 Å². The van der Waals surface area contributed by atoms with Gasteiger partial charge >= 0.3 is 5.97 Å². The molecule has 1 amide bonds. The van der Waals surface area contributed by atoms with E-state index in [1.807, 2.05) is 37.8 Å². The van der Waals surface area contributed by atoms with E-state index in [2.05, 4.69) is 10.3 Å². The predicted molar refractivity (Wildman–Crippen MR) is 93.9 cm³/mol. The minimum atomic E-state index is -1.07. The second-order valence-electron chi connectivity index (χ2n) is 5.39. The van der Waals surface area contributed by atoms with E-state index >= 15 is 0 Å². The molecule has 0 aliphatic rings. The first-order chi connectivity index (χ1) is 11.5. The van der Waals surface area contributed by atoms with E-state index in [1.54, 1.807) is 12.1 Å². The lowest BCUT2D eigenvalue weighted by molar-refractivity contribution is 0.0696. The molecule has 2 rings (SSSR count). The van der Waals surface area contributed by atoms with Crippen LogP contribution in [0.3, 0.4) is 0 Å². The molecule has 0 atom stereocenters. The number of nitrogens with zero attached hydrogens (tertiary/aromatic N) is 2. The summed E-state index contributed by atoms with van der Waals surface area (Å²) >= 11 is 0. The average Bonchev–Trinajstić information content (AvgIpc) is 2.57. The Morgan fingerprint density at radius 2 is 1.79 bits per heavy atom. The van der Waals surface area contributed by atoms with Crippen LogP contribution >= 0.6 is 0 Å². The van der Waals surface area contributed by atoms with Gasteiger partial charge < -0.3 is 15.3 Å². The summed E-state index contributed by atoms with van der Waals surface area (Å²) in [5, 5.41) is 12.1. The summed E-state index contributed by atoms with van der Waals surface area (Å²) in [6, 6.07) is 8.58. The summed E-state index contributed by atoms with van der Waals surface area (Å²) in [6.45, 7) is 7.11. The third kappa shape index (κ3) is 3.90. The molecule has 0 spiro atoms. The van der Waals surface area contributed by atoms with E-state index in [1.165, 1.54) is 12.3 Å². The average molecular weight is 327 g/mol. The number of aromatic carboxylic acids is 1.